The van der Waals surface area contributed by atoms with E-state index in [0.29, 0.717) is 13.1 Å². The number of carbonyl (C=O) groups excluding carboxylic acids is 2. The smallest absolute Gasteiger partial charge is 0.324 e. The molecule has 1 atom stereocenters. The summed E-state index contributed by atoms with van der Waals surface area (Å²) >= 11 is 1.42. The molecule has 1 aliphatic rings. The van der Waals surface area contributed by atoms with Gasteiger partial charge in [-0.05, 0) is 25.1 Å². The fraction of sp³-hybridized carbons (Fsp3) is 0.385. The van der Waals surface area contributed by atoms with Crippen molar-refractivity contribution in [2.45, 2.75) is 17.1 Å². The molecule has 19 heavy (non-hydrogen) atoms. The standard InChI is InChI=1S/C13H16N2O3S/c1-9(12(16)15-7-6-14-13(15)17)19-11-5-3-4-10(8-11)18-2/h3-5,8-9H,6-7H2,1-2H3,(H,14,17)/t9-/m0/s1. The number of nitrogens with one attached hydrogen (secondary N) is 1. The van der Waals surface area contributed by atoms with Crippen LogP contribution in [0.5, 0.6) is 5.75 Å². The molecule has 1 N–H and O–H groups in total. The highest BCUT2D eigenvalue weighted by molar-refractivity contribution is 8.00. The molecule has 1 aromatic carbocycles. The van der Waals surface area contributed by atoms with E-state index in [2.05, 4.69) is 5.32 Å². The van der Waals surface area contributed by atoms with Gasteiger partial charge in [0.1, 0.15) is 5.75 Å². The molecule has 1 aromatic rings. The van der Waals surface area contributed by atoms with Crippen LogP contribution in [0.1, 0.15) is 6.92 Å². The summed E-state index contributed by atoms with van der Waals surface area (Å²) in [5.41, 5.74) is 0. The van der Waals surface area contributed by atoms with Crippen LogP contribution in [-0.2, 0) is 4.79 Å². The molecule has 0 radical (unpaired) electrons. The van der Waals surface area contributed by atoms with E-state index in [4.69, 9.17) is 4.74 Å². The minimum atomic E-state index is -0.309. The minimum Gasteiger partial charge on any atom is -0.497 e. The van der Waals surface area contributed by atoms with E-state index in [1.807, 2.05) is 24.3 Å². The molecule has 0 bridgehead atoms. The number of benzene rings is 1. The van der Waals surface area contributed by atoms with Crippen molar-refractivity contribution < 1.29 is 14.3 Å². The number of carbonyl (C=O) groups is 2. The number of amides is 3. The average molecular weight is 280 g/mol. The molecule has 0 spiro atoms. The van der Waals surface area contributed by atoms with Crippen LogP contribution in [-0.4, -0.2) is 42.3 Å². The number of ether oxygens (including phenoxy) is 1. The Hall–Kier alpha value is -1.69. The molecule has 0 aliphatic carbocycles. The van der Waals surface area contributed by atoms with Gasteiger partial charge in [0.2, 0.25) is 5.91 Å². The third-order valence-electron chi connectivity index (χ3n) is 2.82. The molecule has 102 valence electrons. The van der Waals surface area contributed by atoms with Gasteiger partial charge < -0.3 is 10.1 Å². The SMILES string of the molecule is COc1cccc(S[C@@H](C)C(=O)N2CCNC2=O)c1. The fourth-order valence-electron chi connectivity index (χ4n) is 1.83. The first kappa shape index (κ1) is 13.7. The minimum absolute atomic E-state index is 0.164. The summed E-state index contributed by atoms with van der Waals surface area (Å²) in [5.74, 6) is 0.589. The van der Waals surface area contributed by atoms with Crippen molar-refractivity contribution in [3.05, 3.63) is 24.3 Å². The summed E-state index contributed by atoms with van der Waals surface area (Å²) in [6.45, 7) is 2.78. The zero-order valence-corrected chi connectivity index (χ0v) is 11.7. The van der Waals surface area contributed by atoms with Crippen molar-refractivity contribution in [1.29, 1.82) is 0 Å². The Morgan fingerprint density at radius 2 is 2.32 bits per heavy atom. The lowest BCUT2D eigenvalue weighted by Gasteiger charge is -2.17. The van der Waals surface area contributed by atoms with Crippen molar-refractivity contribution in [3.63, 3.8) is 0 Å². The van der Waals surface area contributed by atoms with Gasteiger partial charge in [-0.25, -0.2) is 4.79 Å². The van der Waals surface area contributed by atoms with Gasteiger partial charge in [0.15, 0.2) is 0 Å². The molecule has 1 fully saturated rings. The van der Waals surface area contributed by atoms with Gasteiger partial charge in [-0.1, -0.05) is 6.07 Å². The molecule has 6 heteroatoms. The number of hydrogen-bond acceptors (Lipinski definition) is 4. The fourth-order valence-corrected chi connectivity index (χ4v) is 2.81. The van der Waals surface area contributed by atoms with Crippen LogP contribution < -0.4 is 10.1 Å². The normalized spacial score (nSPS) is 16.1. The zero-order valence-electron chi connectivity index (χ0n) is 10.9. The molecule has 0 saturated carbocycles. The third kappa shape index (κ3) is 3.20. The van der Waals surface area contributed by atoms with Crippen LogP contribution >= 0.6 is 11.8 Å². The highest BCUT2D eigenvalue weighted by Gasteiger charge is 2.30. The molecule has 1 saturated heterocycles. The average Bonchev–Trinajstić information content (AvgIpc) is 2.84. The van der Waals surface area contributed by atoms with Crippen LogP contribution in [0.2, 0.25) is 0 Å². The van der Waals surface area contributed by atoms with Crippen LogP contribution in [0.3, 0.4) is 0 Å². The number of rotatable bonds is 4. The molecule has 2 rings (SSSR count). The monoisotopic (exact) mass is 280 g/mol. The summed E-state index contributed by atoms with van der Waals surface area (Å²) in [4.78, 5) is 25.8. The second-order valence-corrected chi connectivity index (χ2v) is 5.58. The number of nitrogens with zero attached hydrogens (tertiary/aromatic N) is 1. The Labute approximate surface area is 116 Å². The number of hydrogen-bond donors (Lipinski definition) is 1. The van der Waals surface area contributed by atoms with Gasteiger partial charge in [-0.3, -0.25) is 9.69 Å². The maximum absolute atomic E-state index is 12.1. The molecule has 0 unspecified atom stereocenters. The van der Waals surface area contributed by atoms with Gasteiger partial charge in [-0.2, -0.15) is 0 Å². The molecular weight excluding hydrogens is 264 g/mol. The van der Waals surface area contributed by atoms with Crippen molar-refractivity contribution in [3.8, 4) is 5.75 Å². The highest BCUT2D eigenvalue weighted by Crippen LogP contribution is 2.27. The molecular formula is C13H16N2O3S. The predicted octanol–water partition coefficient (Wildman–Crippen LogP) is 1.73. The first-order valence-corrected chi connectivity index (χ1v) is 6.89. The lowest BCUT2D eigenvalue weighted by atomic mass is 10.3. The van der Waals surface area contributed by atoms with Crippen LogP contribution in [0.4, 0.5) is 4.79 Å². The van der Waals surface area contributed by atoms with Crippen LogP contribution in [0.25, 0.3) is 0 Å². The molecule has 0 aromatic heterocycles. The van der Waals surface area contributed by atoms with E-state index in [0.717, 1.165) is 10.6 Å². The first-order chi connectivity index (χ1) is 9.11. The van der Waals surface area contributed by atoms with Crippen LogP contribution in [0, 0.1) is 0 Å². The lowest BCUT2D eigenvalue weighted by Crippen LogP contribution is -2.38. The Bertz CT molecular complexity index is 493. The lowest BCUT2D eigenvalue weighted by molar-refractivity contribution is -0.126. The molecule has 1 heterocycles. The quantitative estimate of drug-likeness (QED) is 0.853. The summed E-state index contributed by atoms with van der Waals surface area (Å²) < 4.78 is 5.14. The van der Waals surface area contributed by atoms with E-state index in [-0.39, 0.29) is 17.2 Å². The Kier molecular flexibility index (Phi) is 4.31. The topological polar surface area (TPSA) is 58.6 Å². The van der Waals surface area contributed by atoms with Gasteiger partial charge in [0.05, 0.1) is 12.4 Å². The van der Waals surface area contributed by atoms with Crippen molar-refractivity contribution in [1.82, 2.24) is 10.2 Å². The molecule has 5 nitrogen and oxygen atoms in total. The van der Waals surface area contributed by atoms with E-state index >= 15 is 0 Å². The van der Waals surface area contributed by atoms with E-state index in [9.17, 15) is 9.59 Å². The second kappa shape index (κ2) is 5.97. The first-order valence-electron chi connectivity index (χ1n) is 6.01. The maximum Gasteiger partial charge on any atom is 0.324 e. The Morgan fingerprint density at radius 3 is 2.95 bits per heavy atom. The Morgan fingerprint density at radius 1 is 1.53 bits per heavy atom. The van der Waals surface area contributed by atoms with Crippen molar-refractivity contribution >= 4 is 23.7 Å². The number of thioether (sulfide) groups is 1. The summed E-state index contributed by atoms with van der Waals surface area (Å²) in [6.07, 6.45) is 0. The molecule has 1 aliphatic heterocycles. The summed E-state index contributed by atoms with van der Waals surface area (Å²) in [5, 5.41) is 2.32. The van der Waals surface area contributed by atoms with Crippen molar-refractivity contribution in [2.24, 2.45) is 0 Å². The number of imide groups is 1. The van der Waals surface area contributed by atoms with Crippen molar-refractivity contribution in [2.75, 3.05) is 20.2 Å². The van der Waals surface area contributed by atoms with Gasteiger partial charge in [0.25, 0.3) is 0 Å². The summed E-state index contributed by atoms with van der Waals surface area (Å²) in [6, 6.07) is 7.22. The second-order valence-electron chi connectivity index (χ2n) is 4.16. The predicted molar refractivity (Wildman–Crippen MR) is 73.4 cm³/mol. The van der Waals surface area contributed by atoms with Gasteiger partial charge >= 0.3 is 6.03 Å². The number of methoxy groups -OCH3 is 1. The Balaban J connectivity index is 2.01. The zero-order chi connectivity index (χ0) is 13.8. The molecule has 3 amide bonds. The largest absolute Gasteiger partial charge is 0.497 e. The number of urea groups is 1. The van der Waals surface area contributed by atoms with Gasteiger partial charge in [-0.15, -0.1) is 11.8 Å². The van der Waals surface area contributed by atoms with E-state index < -0.39 is 0 Å². The summed E-state index contributed by atoms with van der Waals surface area (Å²) in [7, 11) is 1.60. The maximum atomic E-state index is 12.1. The van der Waals surface area contributed by atoms with E-state index in [1.54, 1.807) is 14.0 Å². The highest BCUT2D eigenvalue weighted by atomic mass is 32.2. The van der Waals surface area contributed by atoms with E-state index in [1.165, 1.54) is 16.7 Å². The van der Waals surface area contributed by atoms with Gasteiger partial charge in [0, 0.05) is 18.0 Å². The van der Waals surface area contributed by atoms with Crippen LogP contribution in [0.15, 0.2) is 29.2 Å². The third-order valence-corrected chi connectivity index (χ3v) is 3.91.